The van der Waals surface area contributed by atoms with Crippen molar-refractivity contribution in [2.24, 2.45) is 0 Å². The molecule has 0 atom stereocenters. The molecule has 1 amide bonds. The third-order valence-corrected chi connectivity index (χ3v) is 3.68. The lowest BCUT2D eigenvalue weighted by Gasteiger charge is -2.27. The van der Waals surface area contributed by atoms with E-state index in [2.05, 4.69) is 15.1 Å². The molecule has 110 valence electrons. The molecular formula is C14H16N4O3. The highest BCUT2D eigenvalue weighted by Crippen LogP contribution is 2.26. The highest BCUT2D eigenvalue weighted by Gasteiger charge is 2.27. The number of pyridine rings is 1. The molecule has 7 nitrogen and oxygen atoms in total. The topological polar surface area (TPSA) is 92.3 Å². The molecule has 2 aromatic rings. The molecule has 0 aromatic carbocycles. The predicted octanol–water partition coefficient (Wildman–Crippen LogP) is 1.91. The Labute approximate surface area is 121 Å². The molecule has 1 N–H and O–H groups in total. The van der Waals surface area contributed by atoms with Crippen LogP contribution in [-0.2, 0) is 6.42 Å². The quantitative estimate of drug-likeness (QED) is 0.927. The second kappa shape index (κ2) is 5.90. The maximum atomic E-state index is 10.9. The summed E-state index contributed by atoms with van der Waals surface area (Å²) in [7, 11) is 0. The van der Waals surface area contributed by atoms with Gasteiger partial charge in [-0.2, -0.15) is 4.98 Å². The summed E-state index contributed by atoms with van der Waals surface area (Å²) in [4.78, 5) is 20.8. The van der Waals surface area contributed by atoms with Crippen LogP contribution in [0.2, 0.25) is 0 Å². The van der Waals surface area contributed by atoms with Gasteiger partial charge >= 0.3 is 6.09 Å². The van der Waals surface area contributed by atoms with Crippen LogP contribution in [-0.4, -0.2) is 44.3 Å². The fourth-order valence-corrected chi connectivity index (χ4v) is 2.51. The lowest BCUT2D eigenvalue weighted by atomic mass is 9.97. The first-order valence-electron chi connectivity index (χ1n) is 6.91. The lowest BCUT2D eigenvalue weighted by Crippen LogP contribution is -2.36. The molecule has 1 aliphatic rings. The first kappa shape index (κ1) is 13.5. The molecule has 3 heterocycles. The van der Waals surface area contributed by atoms with Crippen LogP contribution in [0.25, 0.3) is 0 Å². The van der Waals surface area contributed by atoms with E-state index in [1.54, 1.807) is 12.4 Å². The van der Waals surface area contributed by atoms with Gasteiger partial charge in [0, 0.05) is 37.8 Å². The molecule has 1 fully saturated rings. The number of carbonyl (C=O) groups is 1. The van der Waals surface area contributed by atoms with Gasteiger partial charge in [0.05, 0.1) is 0 Å². The van der Waals surface area contributed by atoms with Gasteiger partial charge in [-0.15, -0.1) is 0 Å². The number of nitrogens with zero attached hydrogens (tertiary/aromatic N) is 4. The van der Waals surface area contributed by atoms with E-state index in [0.717, 1.165) is 18.4 Å². The van der Waals surface area contributed by atoms with E-state index in [1.807, 2.05) is 12.1 Å². The van der Waals surface area contributed by atoms with Gasteiger partial charge in [-0.05, 0) is 24.5 Å². The summed E-state index contributed by atoms with van der Waals surface area (Å²) >= 11 is 0. The Hall–Kier alpha value is -2.44. The fourth-order valence-electron chi connectivity index (χ4n) is 2.51. The van der Waals surface area contributed by atoms with E-state index in [-0.39, 0.29) is 5.92 Å². The summed E-state index contributed by atoms with van der Waals surface area (Å²) in [6.07, 6.45) is 4.67. The van der Waals surface area contributed by atoms with Crippen molar-refractivity contribution in [1.82, 2.24) is 20.0 Å². The zero-order valence-electron chi connectivity index (χ0n) is 11.5. The number of piperidine rings is 1. The summed E-state index contributed by atoms with van der Waals surface area (Å²) in [5.74, 6) is 1.40. The zero-order valence-corrected chi connectivity index (χ0v) is 11.5. The largest absolute Gasteiger partial charge is 0.465 e. The molecule has 0 bridgehead atoms. The fraction of sp³-hybridized carbons (Fsp3) is 0.429. The monoisotopic (exact) mass is 288 g/mol. The van der Waals surface area contributed by atoms with E-state index >= 15 is 0 Å². The second-order valence-corrected chi connectivity index (χ2v) is 5.13. The molecule has 2 aromatic heterocycles. The predicted molar refractivity (Wildman–Crippen MR) is 72.9 cm³/mol. The molecule has 0 radical (unpaired) electrons. The third kappa shape index (κ3) is 3.18. The Kier molecular flexibility index (Phi) is 3.81. The van der Waals surface area contributed by atoms with Crippen LogP contribution >= 0.6 is 0 Å². The molecule has 1 saturated heterocycles. The van der Waals surface area contributed by atoms with Gasteiger partial charge in [-0.1, -0.05) is 11.2 Å². The SMILES string of the molecule is O=C(O)N1CCC(c2nc(Cc3cccnc3)no2)CC1. The van der Waals surface area contributed by atoms with Gasteiger partial charge in [-0.3, -0.25) is 4.98 Å². The summed E-state index contributed by atoms with van der Waals surface area (Å²) in [5, 5.41) is 12.9. The summed E-state index contributed by atoms with van der Waals surface area (Å²) < 4.78 is 5.32. The van der Waals surface area contributed by atoms with Crippen LogP contribution in [0.1, 0.15) is 36.0 Å². The van der Waals surface area contributed by atoms with Crippen molar-refractivity contribution in [3.8, 4) is 0 Å². The first-order chi connectivity index (χ1) is 10.2. The van der Waals surface area contributed by atoms with Gasteiger partial charge in [0.15, 0.2) is 5.82 Å². The minimum atomic E-state index is -0.865. The van der Waals surface area contributed by atoms with E-state index < -0.39 is 6.09 Å². The van der Waals surface area contributed by atoms with Gasteiger partial charge in [0.1, 0.15) is 0 Å². The van der Waals surface area contributed by atoms with Crippen LogP contribution < -0.4 is 0 Å². The second-order valence-electron chi connectivity index (χ2n) is 5.13. The molecule has 0 unspecified atom stereocenters. The smallest absolute Gasteiger partial charge is 0.407 e. The highest BCUT2D eigenvalue weighted by molar-refractivity contribution is 5.65. The van der Waals surface area contributed by atoms with Crippen molar-refractivity contribution in [1.29, 1.82) is 0 Å². The maximum absolute atomic E-state index is 10.9. The number of likely N-dealkylation sites (tertiary alicyclic amines) is 1. The van der Waals surface area contributed by atoms with E-state index in [4.69, 9.17) is 9.63 Å². The van der Waals surface area contributed by atoms with Crippen LogP contribution in [0.5, 0.6) is 0 Å². The van der Waals surface area contributed by atoms with Crippen LogP contribution in [0.15, 0.2) is 29.0 Å². The Balaban J connectivity index is 1.62. The lowest BCUT2D eigenvalue weighted by molar-refractivity contribution is 0.128. The molecule has 1 aliphatic heterocycles. The minimum absolute atomic E-state index is 0.149. The molecule has 3 rings (SSSR count). The van der Waals surface area contributed by atoms with Crippen LogP contribution in [0, 0.1) is 0 Å². The standard InChI is InChI=1S/C14H16N4O3/c19-14(20)18-6-3-11(4-7-18)13-16-12(17-21-13)8-10-2-1-5-15-9-10/h1-2,5,9,11H,3-4,6-8H2,(H,19,20). The Morgan fingerprint density at radius 1 is 1.43 bits per heavy atom. The minimum Gasteiger partial charge on any atom is -0.465 e. The molecule has 21 heavy (non-hydrogen) atoms. The number of hydrogen-bond donors (Lipinski definition) is 1. The van der Waals surface area contributed by atoms with E-state index in [9.17, 15) is 4.79 Å². The Bertz CT molecular complexity index is 606. The summed E-state index contributed by atoms with van der Waals surface area (Å²) in [5.41, 5.74) is 1.03. The maximum Gasteiger partial charge on any atom is 0.407 e. The van der Waals surface area contributed by atoms with Crippen LogP contribution in [0.4, 0.5) is 4.79 Å². The van der Waals surface area contributed by atoms with Crippen molar-refractivity contribution in [3.63, 3.8) is 0 Å². The Morgan fingerprint density at radius 3 is 2.90 bits per heavy atom. The van der Waals surface area contributed by atoms with Gasteiger partial charge in [0.25, 0.3) is 0 Å². The average molecular weight is 288 g/mol. The number of rotatable bonds is 3. The average Bonchev–Trinajstić information content (AvgIpc) is 2.97. The molecule has 0 saturated carbocycles. The van der Waals surface area contributed by atoms with Gasteiger partial charge in [-0.25, -0.2) is 4.79 Å². The van der Waals surface area contributed by atoms with Gasteiger partial charge < -0.3 is 14.5 Å². The third-order valence-electron chi connectivity index (χ3n) is 3.68. The van der Waals surface area contributed by atoms with Crippen LogP contribution in [0.3, 0.4) is 0 Å². The number of hydrogen-bond acceptors (Lipinski definition) is 5. The zero-order chi connectivity index (χ0) is 14.7. The molecule has 0 aliphatic carbocycles. The molecule has 0 spiro atoms. The Morgan fingerprint density at radius 2 is 2.24 bits per heavy atom. The highest BCUT2D eigenvalue weighted by atomic mass is 16.5. The van der Waals surface area contributed by atoms with Crippen molar-refractivity contribution in [3.05, 3.63) is 41.8 Å². The summed E-state index contributed by atoms with van der Waals surface area (Å²) in [6.45, 7) is 1.03. The number of carboxylic acid groups (broad SMARTS) is 1. The van der Waals surface area contributed by atoms with E-state index in [0.29, 0.717) is 31.2 Å². The van der Waals surface area contributed by atoms with Gasteiger partial charge in [0.2, 0.25) is 5.89 Å². The van der Waals surface area contributed by atoms with E-state index in [1.165, 1.54) is 4.90 Å². The van der Waals surface area contributed by atoms with Crippen molar-refractivity contribution >= 4 is 6.09 Å². The summed E-state index contributed by atoms with van der Waals surface area (Å²) in [6, 6.07) is 3.84. The molecule has 7 heteroatoms. The normalized spacial score (nSPS) is 16.1. The number of amides is 1. The van der Waals surface area contributed by atoms with Crippen molar-refractivity contribution in [2.45, 2.75) is 25.2 Å². The first-order valence-corrected chi connectivity index (χ1v) is 6.91. The van der Waals surface area contributed by atoms with Crippen molar-refractivity contribution in [2.75, 3.05) is 13.1 Å². The van der Waals surface area contributed by atoms with Crippen molar-refractivity contribution < 1.29 is 14.4 Å². The number of aromatic nitrogens is 3. The molecular weight excluding hydrogens is 272 g/mol.